The van der Waals surface area contributed by atoms with Crippen LogP contribution in [0.2, 0.25) is 0 Å². The van der Waals surface area contributed by atoms with E-state index in [0.717, 1.165) is 31.4 Å². The number of rotatable bonds is 3. The van der Waals surface area contributed by atoms with Crippen LogP contribution in [0.4, 0.5) is 0 Å². The van der Waals surface area contributed by atoms with E-state index in [1.807, 2.05) is 30.1 Å². The van der Waals surface area contributed by atoms with E-state index >= 15 is 0 Å². The number of para-hydroxylation sites is 1. The number of carbonyl (C=O) groups is 1. The van der Waals surface area contributed by atoms with Crippen molar-refractivity contribution < 1.29 is 9.53 Å². The molecule has 5 nitrogen and oxygen atoms in total. The highest BCUT2D eigenvalue weighted by atomic mass is 32.1. The Balaban J connectivity index is 1.36. The van der Waals surface area contributed by atoms with Gasteiger partial charge in [0.15, 0.2) is 0 Å². The lowest BCUT2D eigenvalue weighted by molar-refractivity contribution is -0.148. The third kappa shape index (κ3) is 4.03. The Bertz CT molecular complexity index is 757. The summed E-state index contributed by atoms with van der Waals surface area (Å²) in [5.41, 5.74) is 1.11. The van der Waals surface area contributed by atoms with Gasteiger partial charge in [0.2, 0.25) is 5.91 Å². The molecule has 2 aromatic rings. The van der Waals surface area contributed by atoms with Crippen LogP contribution in [-0.4, -0.2) is 65.1 Å². The number of aromatic nitrogens is 1. The predicted molar refractivity (Wildman–Crippen MR) is 109 cm³/mol. The standard InChI is InChI=1S/C21H29N3O2S/c1-14-12-24(13-15(2)26-14)21(25)16(3)23-10-8-17(9-11-23)20-22-18-6-4-5-7-19(18)27-20/h4-7,14-17H,8-13H2,1-3H3. The van der Waals surface area contributed by atoms with Crippen LogP contribution in [0.3, 0.4) is 0 Å². The second-order valence-electron chi connectivity index (χ2n) is 8.01. The number of fused-ring (bicyclic) bond motifs is 1. The average Bonchev–Trinajstić information content (AvgIpc) is 3.10. The molecule has 0 N–H and O–H groups in total. The van der Waals surface area contributed by atoms with Crippen molar-refractivity contribution in [2.24, 2.45) is 0 Å². The van der Waals surface area contributed by atoms with E-state index in [0.29, 0.717) is 19.0 Å². The number of nitrogens with zero attached hydrogens (tertiary/aromatic N) is 3. The highest BCUT2D eigenvalue weighted by Gasteiger charge is 2.33. The number of thiazole rings is 1. The fourth-order valence-corrected chi connectivity index (χ4v) is 5.51. The second-order valence-corrected chi connectivity index (χ2v) is 9.07. The van der Waals surface area contributed by atoms with Crippen LogP contribution < -0.4 is 0 Å². The largest absolute Gasteiger partial charge is 0.372 e. The lowest BCUT2D eigenvalue weighted by Crippen LogP contribution is -2.55. The molecule has 0 saturated carbocycles. The molecule has 2 aliphatic rings. The number of morpholine rings is 1. The molecule has 3 unspecified atom stereocenters. The van der Waals surface area contributed by atoms with E-state index in [1.165, 1.54) is 9.71 Å². The molecule has 6 heteroatoms. The monoisotopic (exact) mass is 387 g/mol. The van der Waals surface area contributed by atoms with Gasteiger partial charge in [-0.05, 0) is 58.8 Å². The fourth-order valence-electron chi connectivity index (χ4n) is 4.38. The summed E-state index contributed by atoms with van der Waals surface area (Å²) in [6.07, 6.45) is 2.39. The van der Waals surface area contributed by atoms with Gasteiger partial charge in [-0.15, -0.1) is 11.3 Å². The van der Waals surface area contributed by atoms with E-state index in [9.17, 15) is 4.79 Å². The fraction of sp³-hybridized carbons (Fsp3) is 0.619. The second kappa shape index (κ2) is 7.86. The van der Waals surface area contributed by atoms with Gasteiger partial charge in [0.25, 0.3) is 0 Å². The molecule has 0 aliphatic carbocycles. The van der Waals surface area contributed by atoms with Crippen LogP contribution in [0.5, 0.6) is 0 Å². The summed E-state index contributed by atoms with van der Waals surface area (Å²) >= 11 is 1.82. The smallest absolute Gasteiger partial charge is 0.239 e. The summed E-state index contributed by atoms with van der Waals surface area (Å²) in [4.78, 5) is 22.2. The molecule has 0 radical (unpaired) electrons. The maximum absolute atomic E-state index is 13.0. The van der Waals surface area contributed by atoms with Crippen molar-refractivity contribution in [3.8, 4) is 0 Å². The molecular weight excluding hydrogens is 358 g/mol. The zero-order valence-electron chi connectivity index (χ0n) is 16.4. The van der Waals surface area contributed by atoms with Crippen molar-refractivity contribution >= 4 is 27.5 Å². The summed E-state index contributed by atoms with van der Waals surface area (Å²) in [5.74, 6) is 0.764. The minimum atomic E-state index is -0.0567. The van der Waals surface area contributed by atoms with Gasteiger partial charge in [-0.25, -0.2) is 4.98 Å². The van der Waals surface area contributed by atoms with Crippen LogP contribution in [-0.2, 0) is 9.53 Å². The van der Waals surface area contributed by atoms with E-state index < -0.39 is 0 Å². The predicted octanol–water partition coefficient (Wildman–Crippen LogP) is 3.50. The van der Waals surface area contributed by atoms with Gasteiger partial charge in [-0.2, -0.15) is 0 Å². The molecule has 1 aromatic heterocycles. The first-order valence-corrected chi connectivity index (χ1v) is 10.9. The Labute approximate surface area is 165 Å². The number of piperidine rings is 1. The summed E-state index contributed by atoms with van der Waals surface area (Å²) < 4.78 is 7.04. The van der Waals surface area contributed by atoms with E-state index in [-0.39, 0.29) is 24.2 Å². The van der Waals surface area contributed by atoms with E-state index in [1.54, 1.807) is 0 Å². The van der Waals surface area contributed by atoms with Crippen molar-refractivity contribution in [1.29, 1.82) is 0 Å². The number of carbonyl (C=O) groups excluding carboxylic acids is 1. The summed E-state index contributed by atoms with van der Waals surface area (Å²) in [6.45, 7) is 9.48. The van der Waals surface area contributed by atoms with Crippen LogP contribution in [0, 0.1) is 0 Å². The first kappa shape index (κ1) is 18.8. The van der Waals surface area contributed by atoms with Gasteiger partial charge in [0.05, 0.1) is 33.5 Å². The number of benzene rings is 1. The Hall–Kier alpha value is -1.50. The molecule has 1 amide bonds. The Morgan fingerprint density at radius 3 is 2.52 bits per heavy atom. The summed E-state index contributed by atoms with van der Waals surface area (Å²) in [6, 6.07) is 8.31. The SMILES string of the molecule is CC1CN(C(=O)C(C)N2CCC(c3nc4ccccc4s3)CC2)CC(C)O1. The molecule has 2 fully saturated rings. The Morgan fingerprint density at radius 2 is 1.85 bits per heavy atom. The summed E-state index contributed by atoms with van der Waals surface area (Å²) in [7, 11) is 0. The topological polar surface area (TPSA) is 45.7 Å². The first-order valence-electron chi connectivity index (χ1n) is 10.0. The number of hydrogen-bond acceptors (Lipinski definition) is 5. The molecule has 4 rings (SSSR count). The molecule has 3 heterocycles. The van der Waals surface area contributed by atoms with Gasteiger partial charge in [0.1, 0.15) is 0 Å². The number of hydrogen-bond donors (Lipinski definition) is 0. The molecular formula is C21H29N3O2S. The molecule has 2 aliphatic heterocycles. The normalized spacial score (nSPS) is 26.4. The van der Waals surface area contributed by atoms with Crippen LogP contribution in [0.15, 0.2) is 24.3 Å². The van der Waals surface area contributed by atoms with Crippen molar-refractivity contribution in [2.75, 3.05) is 26.2 Å². The number of ether oxygens (including phenoxy) is 1. The van der Waals surface area contributed by atoms with Crippen molar-refractivity contribution in [3.63, 3.8) is 0 Å². The van der Waals surface area contributed by atoms with Crippen LogP contribution >= 0.6 is 11.3 Å². The van der Waals surface area contributed by atoms with Crippen molar-refractivity contribution in [2.45, 2.75) is 57.8 Å². The number of likely N-dealkylation sites (tertiary alicyclic amines) is 1. The highest BCUT2D eigenvalue weighted by Crippen LogP contribution is 2.34. The zero-order valence-corrected chi connectivity index (χ0v) is 17.2. The quantitative estimate of drug-likeness (QED) is 0.809. The number of amides is 1. The third-order valence-corrected chi connectivity index (χ3v) is 7.02. The van der Waals surface area contributed by atoms with Crippen LogP contribution in [0.25, 0.3) is 10.2 Å². The van der Waals surface area contributed by atoms with Crippen LogP contribution in [0.1, 0.15) is 44.5 Å². The highest BCUT2D eigenvalue weighted by molar-refractivity contribution is 7.18. The molecule has 1 aromatic carbocycles. The first-order chi connectivity index (χ1) is 13.0. The maximum atomic E-state index is 13.0. The lowest BCUT2D eigenvalue weighted by atomic mass is 9.96. The average molecular weight is 388 g/mol. The molecule has 0 bridgehead atoms. The van der Waals surface area contributed by atoms with Gasteiger partial charge in [-0.1, -0.05) is 12.1 Å². The molecule has 146 valence electrons. The third-order valence-electron chi connectivity index (χ3n) is 5.83. The van der Waals surface area contributed by atoms with Crippen molar-refractivity contribution in [1.82, 2.24) is 14.8 Å². The maximum Gasteiger partial charge on any atom is 0.239 e. The van der Waals surface area contributed by atoms with Gasteiger partial charge in [-0.3, -0.25) is 9.69 Å². The van der Waals surface area contributed by atoms with Gasteiger partial charge in [0, 0.05) is 19.0 Å². The minimum absolute atomic E-state index is 0.0567. The van der Waals surface area contributed by atoms with E-state index in [4.69, 9.17) is 9.72 Å². The van der Waals surface area contributed by atoms with E-state index in [2.05, 4.69) is 36.1 Å². The van der Waals surface area contributed by atoms with Gasteiger partial charge < -0.3 is 9.64 Å². The minimum Gasteiger partial charge on any atom is -0.372 e. The Morgan fingerprint density at radius 1 is 1.19 bits per heavy atom. The Kier molecular flexibility index (Phi) is 5.48. The van der Waals surface area contributed by atoms with Gasteiger partial charge >= 0.3 is 0 Å². The zero-order chi connectivity index (χ0) is 19.0. The lowest BCUT2D eigenvalue weighted by Gasteiger charge is -2.40. The van der Waals surface area contributed by atoms with Crippen molar-refractivity contribution in [3.05, 3.63) is 29.3 Å². The molecule has 0 spiro atoms. The molecule has 2 saturated heterocycles. The molecule has 27 heavy (non-hydrogen) atoms. The molecule has 3 atom stereocenters. The summed E-state index contributed by atoms with van der Waals surface area (Å²) in [5, 5.41) is 1.26.